The molecule has 2 aliphatic rings. The standard InChI is InChI=1S/C18H29N5O/c1-14(2)22-13-23(17-6-4-3-5-16(17)22)18(24)20-15-7-10-21(11-8-15)12-9-19/h3-6,14-15H,7-13,19H2,1-2H3,(H,20,24). The monoisotopic (exact) mass is 331 g/mol. The van der Waals surface area contributed by atoms with Crippen LogP contribution in [0.5, 0.6) is 0 Å². The van der Waals surface area contributed by atoms with Crippen molar-refractivity contribution in [2.45, 2.75) is 38.8 Å². The Balaban J connectivity index is 1.62. The van der Waals surface area contributed by atoms with Crippen LogP contribution in [0.2, 0.25) is 0 Å². The van der Waals surface area contributed by atoms with Gasteiger partial charge in [0.15, 0.2) is 0 Å². The number of urea groups is 1. The average molecular weight is 331 g/mol. The van der Waals surface area contributed by atoms with E-state index < -0.39 is 0 Å². The molecule has 1 aromatic carbocycles. The van der Waals surface area contributed by atoms with Crippen LogP contribution in [0.1, 0.15) is 26.7 Å². The minimum Gasteiger partial charge on any atom is -0.349 e. The molecule has 3 N–H and O–H groups in total. The number of fused-ring (bicyclic) bond motifs is 1. The Hall–Kier alpha value is -1.79. The number of nitrogens with zero attached hydrogens (tertiary/aromatic N) is 3. The van der Waals surface area contributed by atoms with E-state index in [2.05, 4.69) is 35.0 Å². The molecule has 2 aliphatic heterocycles. The van der Waals surface area contributed by atoms with Crippen molar-refractivity contribution in [2.75, 3.05) is 42.6 Å². The van der Waals surface area contributed by atoms with Gasteiger partial charge in [-0.1, -0.05) is 12.1 Å². The maximum atomic E-state index is 12.8. The minimum absolute atomic E-state index is 0.0166. The number of rotatable bonds is 4. The minimum atomic E-state index is 0.0166. The smallest absolute Gasteiger partial charge is 0.323 e. The molecule has 24 heavy (non-hydrogen) atoms. The number of hydrogen-bond acceptors (Lipinski definition) is 4. The van der Waals surface area contributed by atoms with Gasteiger partial charge in [0, 0.05) is 38.3 Å². The van der Waals surface area contributed by atoms with Crippen molar-refractivity contribution in [3.63, 3.8) is 0 Å². The van der Waals surface area contributed by atoms with E-state index in [1.807, 2.05) is 23.1 Å². The Morgan fingerprint density at radius 3 is 2.54 bits per heavy atom. The number of carbonyl (C=O) groups excluding carboxylic acids is 1. The number of likely N-dealkylation sites (tertiary alicyclic amines) is 1. The molecule has 0 radical (unpaired) electrons. The van der Waals surface area contributed by atoms with Crippen LogP contribution in [0, 0.1) is 0 Å². The van der Waals surface area contributed by atoms with E-state index in [1.54, 1.807) is 0 Å². The zero-order valence-electron chi connectivity index (χ0n) is 14.7. The largest absolute Gasteiger partial charge is 0.349 e. The maximum absolute atomic E-state index is 12.8. The van der Waals surface area contributed by atoms with Crippen LogP contribution in [0.15, 0.2) is 24.3 Å². The Kier molecular flexibility index (Phi) is 5.26. The van der Waals surface area contributed by atoms with Gasteiger partial charge in [0.1, 0.15) is 6.67 Å². The summed E-state index contributed by atoms with van der Waals surface area (Å²) >= 11 is 0. The van der Waals surface area contributed by atoms with E-state index in [1.165, 1.54) is 0 Å². The molecule has 2 heterocycles. The zero-order chi connectivity index (χ0) is 17.1. The summed E-state index contributed by atoms with van der Waals surface area (Å²) < 4.78 is 0. The first-order valence-corrected chi connectivity index (χ1v) is 8.96. The van der Waals surface area contributed by atoms with Crippen LogP contribution in [-0.4, -0.2) is 55.9 Å². The van der Waals surface area contributed by atoms with Gasteiger partial charge in [-0.05, 0) is 38.8 Å². The lowest BCUT2D eigenvalue weighted by atomic mass is 10.1. The van der Waals surface area contributed by atoms with E-state index in [-0.39, 0.29) is 12.1 Å². The lowest BCUT2D eigenvalue weighted by molar-refractivity contribution is 0.198. The van der Waals surface area contributed by atoms with Gasteiger partial charge < -0.3 is 20.9 Å². The molecule has 0 atom stereocenters. The maximum Gasteiger partial charge on any atom is 0.323 e. The number of amides is 2. The summed E-state index contributed by atoms with van der Waals surface area (Å²) in [5, 5.41) is 3.23. The highest BCUT2D eigenvalue weighted by atomic mass is 16.2. The van der Waals surface area contributed by atoms with Gasteiger partial charge in [-0.2, -0.15) is 0 Å². The van der Waals surface area contributed by atoms with Crippen molar-refractivity contribution in [2.24, 2.45) is 5.73 Å². The number of para-hydroxylation sites is 2. The first-order valence-electron chi connectivity index (χ1n) is 8.96. The van der Waals surface area contributed by atoms with Gasteiger partial charge in [0.05, 0.1) is 11.4 Å². The predicted octanol–water partition coefficient (Wildman–Crippen LogP) is 1.81. The van der Waals surface area contributed by atoms with Gasteiger partial charge >= 0.3 is 6.03 Å². The van der Waals surface area contributed by atoms with Gasteiger partial charge in [-0.3, -0.25) is 4.90 Å². The molecule has 0 aromatic heterocycles. The summed E-state index contributed by atoms with van der Waals surface area (Å²) in [7, 11) is 0. The molecular formula is C18H29N5O. The van der Waals surface area contributed by atoms with Crippen LogP contribution in [0.25, 0.3) is 0 Å². The summed E-state index contributed by atoms with van der Waals surface area (Å²) in [5.74, 6) is 0. The topological polar surface area (TPSA) is 64.8 Å². The second-order valence-electron chi connectivity index (χ2n) is 6.98. The van der Waals surface area contributed by atoms with E-state index in [0.717, 1.165) is 43.9 Å². The van der Waals surface area contributed by atoms with Gasteiger partial charge in [-0.15, -0.1) is 0 Å². The number of hydrogen-bond donors (Lipinski definition) is 2. The number of carbonyl (C=O) groups is 1. The van der Waals surface area contributed by atoms with Crippen LogP contribution in [0.3, 0.4) is 0 Å². The molecule has 0 bridgehead atoms. The SMILES string of the molecule is CC(C)N1CN(C(=O)NC2CCN(CCN)CC2)c2ccccc21. The summed E-state index contributed by atoms with van der Waals surface area (Å²) in [4.78, 5) is 19.3. The molecule has 0 spiro atoms. The van der Waals surface area contributed by atoms with E-state index in [4.69, 9.17) is 5.73 Å². The third-order valence-electron chi connectivity index (χ3n) is 5.00. The molecular weight excluding hydrogens is 302 g/mol. The lowest BCUT2D eigenvalue weighted by Gasteiger charge is -2.33. The van der Waals surface area contributed by atoms with Gasteiger partial charge in [0.25, 0.3) is 0 Å². The van der Waals surface area contributed by atoms with Gasteiger partial charge in [0.2, 0.25) is 0 Å². The number of benzene rings is 1. The third-order valence-corrected chi connectivity index (χ3v) is 5.00. The molecule has 132 valence electrons. The summed E-state index contributed by atoms with van der Waals surface area (Å²) in [5.41, 5.74) is 7.76. The summed E-state index contributed by atoms with van der Waals surface area (Å²) in [6, 6.07) is 8.78. The molecule has 2 amide bonds. The average Bonchev–Trinajstić information content (AvgIpc) is 2.97. The highest BCUT2D eigenvalue weighted by Gasteiger charge is 2.32. The van der Waals surface area contributed by atoms with Crippen molar-refractivity contribution in [1.29, 1.82) is 0 Å². The fraction of sp³-hybridized carbons (Fsp3) is 0.611. The Labute approximate surface area is 144 Å². The predicted molar refractivity (Wildman–Crippen MR) is 98.5 cm³/mol. The first kappa shape index (κ1) is 17.0. The van der Waals surface area contributed by atoms with E-state index in [0.29, 0.717) is 19.3 Å². The normalized spacial score (nSPS) is 19.0. The highest BCUT2D eigenvalue weighted by molar-refractivity contribution is 5.98. The summed E-state index contributed by atoms with van der Waals surface area (Å²) in [6.07, 6.45) is 1.99. The van der Waals surface area contributed by atoms with Crippen LogP contribution < -0.4 is 20.9 Å². The lowest BCUT2D eigenvalue weighted by Crippen LogP contribution is -2.50. The third kappa shape index (κ3) is 3.49. The molecule has 0 unspecified atom stereocenters. The molecule has 1 saturated heterocycles. The van der Waals surface area contributed by atoms with Crippen LogP contribution in [-0.2, 0) is 0 Å². The van der Waals surface area contributed by atoms with Gasteiger partial charge in [-0.25, -0.2) is 4.79 Å². The fourth-order valence-electron chi connectivity index (χ4n) is 3.59. The highest BCUT2D eigenvalue weighted by Crippen LogP contribution is 2.36. The van der Waals surface area contributed by atoms with Crippen molar-refractivity contribution >= 4 is 17.4 Å². The second-order valence-corrected chi connectivity index (χ2v) is 6.98. The first-order chi connectivity index (χ1) is 11.6. The van der Waals surface area contributed by atoms with Crippen molar-refractivity contribution < 1.29 is 4.79 Å². The van der Waals surface area contributed by atoms with Crippen molar-refractivity contribution in [3.05, 3.63) is 24.3 Å². The molecule has 1 aromatic rings. The Bertz CT molecular complexity index is 568. The Morgan fingerprint density at radius 2 is 1.92 bits per heavy atom. The van der Waals surface area contributed by atoms with E-state index in [9.17, 15) is 4.79 Å². The Morgan fingerprint density at radius 1 is 1.25 bits per heavy atom. The van der Waals surface area contributed by atoms with Crippen LogP contribution >= 0.6 is 0 Å². The molecule has 1 fully saturated rings. The molecule has 0 saturated carbocycles. The number of anilines is 2. The van der Waals surface area contributed by atoms with Crippen molar-refractivity contribution in [1.82, 2.24) is 10.2 Å². The van der Waals surface area contributed by atoms with E-state index >= 15 is 0 Å². The molecule has 6 nitrogen and oxygen atoms in total. The number of nitrogens with one attached hydrogen (secondary N) is 1. The molecule has 0 aliphatic carbocycles. The quantitative estimate of drug-likeness (QED) is 0.883. The number of nitrogens with two attached hydrogens (primary N) is 1. The zero-order valence-corrected chi connectivity index (χ0v) is 14.7. The fourth-order valence-corrected chi connectivity index (χ4v) is 3.59. The molecule has 6 heteroatoms. The number of piperidine rings is 1. The van der Waals surface area contributed by atoms with Crippen LogP contribution in [0.4, 0.5) is 16.2 Å². The second kappa shape index (κ2) is 7.40. The van der Waals surface area contributed by atoms with Crippen molar-refractivity contribution in [3.8, 4) is 0 Å². The summed E-state index contributed by atoms with van der Waals surface area (Å²) in [6.45, 7) is 8.61. The molecule has 3 rings (SSSR count).